The van der Waals surface area contributed by atoms with Crippen LogP contribution in [0.3, 0.4) is 0 Å². The van der Waals surface area contributed by atoms with Crippen molar-refractivity contribution in [1.29, 1.82) is 0 Å². The summed E-state index contributed by atoms with van der Waals surface area (Å²) >= 11 is 0. The van der Waals surface area contributed by atoms with Gasteiger partial charge in [0.25, 0.3) is 0 Å². The van der Waals surface area contributed by atoms with E-state index in [1.807, 2.05) is 38.1 Å². The van der Waals surface area contributed by atoms with E-state index in [1.54, 1.807) is 0 Å². The van der Waals surface area contributed by atoms with Crippen molar-refractivity contribution in [3.63, 3.8) is 0 Å². The first-order valence-electron chi connectivity index (χ1n) is 8.15. The Morgan fingerprint density at radius 1 is 1.35 bits per heavy atom. The van der Waals surface area contributed by atoms with Crippen molar-refractivity contribution >= 4 is 11.9 Å². The number of aryl methyl sites for hydroxylation is 1. The van der Waals surface area contributed by atoms with Gasteiger partial charge in [-0.15, -0.1) is 0 Å². The van der Waals surface area contributed by atoms with Crippen LogP contribution >= 0.6 is 0 Å². The Hall–Kier alpha value is -1.88. The molecule has 1 aliphatic rings. The van der Waals surface area contributed by atoms with Gasteiger partial charge in [0, 0.05) is 19.6 Å². The fourth-order valence-electron chi connectivity index (χ4n) is 2.91. The van der Waals surface area contributed by atoms with Crippen LogP contribution in [0.25, 0.3) is 0 Å². The first kappa shape index (κ1) is 17.5. The minimum atomic E-state index is -0.842. The van der Waals surface area contributed by atoms with Gasteiger partial charge >= 0.3 is 5.97 Å². The molecule has 0 aromatic heterocycles. The maximum atomic E-state index is 12.5. The van der Waals surface area contributed by atoms with Crippen molar-refractivity contribution in [2.45, 2.75) is 39.2 Å². The molecular weight excluding hydrogens is 294 g/mol. The molecule has 3 atom stereocenters. The summed E-state index contributed by atoms with van der Waals surface area (Å²) in [6, 6.07) is 8.08. The molecule has 5 heteroatoms. The fourth-order valence-corrected chi connectivity index (χ4v) is 2.91. The van der Waals surface area contributed by atoms with Crippen molar-refractivity contribution in [2.24, 2.45) is 11.8 Å². The van der Waals surface area contributed by atoms with Gasteiger partial charge in [0.15, 0.2) is 0 Å². The zero-order valence-corrected chi connectivity index (χ0v) is 13.7. The summed E-state index contributed by atoms with van der Waals surface area (Å²) in [5, 5.41) is 11.7. The summed E-state index contributed by atoms with van der Waals surface area (Å²) in [5.74, 6) is -1.19. The summed E-state index contributed by atoms with van der Waals surface area (Å²) in [5.41, 5.74) is 2.20. The van der Waals surface area contributed by atoms with Crippen LogP contribution in [0.15, 0.2) is 24.3 Å². The van der Waals surface area contributed by atoms with Crippen LogP contribution in [-0.2, 0) is 14.3 Å². The second kappa shape index (κ2) is 8.11. The van der Waals surface area contributed by atoms with Gasteiger partial charge < -0.3 is 15.2 Å². The third-order valence-electron chi connectivity index (χ3n) is 4.21. The number of carboxylic acid groups (broad SMARTS) is 1. The highest BCUT2D eigenvalue weighted by molar-refractivity contribution is 5.79. The van der Waals surface area contributed by atoms with Gasteiger partial charge in [-0.3, -0.25) is 9.59 Å². The van der Waals surface area contributed by atoms with Crippen LogP contribution in [-0.4, -0.2) is 30.1 Å². The molecule has 1 aliphatic heterocycles. The normalized spacial score (nSPS) is 22.3. The molecular formula is C18H25NO4. The van der Waals surface area contributed by atoms with Crippen molar-refractivity contribution < 1.29 is 19.4 Å². The number of carbonyl (C=O) groups is 2. The van der Waals surface area contributed by atoms with E-state index in [1.165, 1.54) is 5.56 Å². The highest BCUT2D eigenvalue weighted by Crippen LogP contribution is 2.33. The first-order chi connectivity index (χ1) is 11.0. The maximum absolute atomic E-state index is 12.5. The number of benzene rings is 1. The molecule has 1 amide bonds. The molecule has 1 heterocycles. The topological polar surface area (TPSA) is 75.6 Å². The average molecular weight is 319 g/mol. The van der Waals surface area contributed by atoms with E-state index in [0.717, 1.165) is 18.4 Å². The lowest BCUT2D eigenvalue weighted by atomic mass is 9.88. The van der Waals surface area contributed by atoms with Gasteiger partial charge in [-0.1, -0.05) is 36.8 Å². The van der Waals surface area contributed by atoms with Gasteiger partial charge in [-0.25, -0.2) is 0 Å². The molecule has 23 heavy (non-hydrogen) atoms. The zero-order valence-electron chi connectivity index (χ0n) is 13.7. The lowest BCUT2D eigenvalue weighted by Crippen LogP contribution is -2.39. The smallest absolute Gasteiger partial charge is 0.303 e. The predicted octanol–water partition coefficient (Wildman–Crippen LogP) is 2.69. The quantitative estimate of drug-likeness (QED) is 0.845. The third-order valence-corrected chi connectivity index (χ3v) is 4.21. The molecule has 0 radical (unpaired) electrons. The Morgan fingerprint density at radius 3 is 2.70 bits per heavy atom. The van der Waals surface area contributed by atoms with Gasteiger partial charge in [-0.05, 0) is 31.2 Å². The largest absolute Gasteiger partial charge is 0.481 e. The monoisotopic (exact) mass is 319 g/mol. The lowest BCUT2D eigenvalue weighted by Gasteiger charge is -2.31. The minimum Gasteiger partial charge on any atom is -0.481 e. The fraction of sp³-hybridized carbons (Fsp3) is 0.556. The molecule has 5 nitrogen and oxygen atoms in total. The standard InChI is InChI=1S/C18H25NO4/c1-12-5-7-14(8-6-12)17-15(4-3-9-23-17)18(22)19-11-13(2)10-16(20)21/h5-8,13,15,17H,3-4,9-11H2,1-2H3,(H,19,22)(H,20,21). The molecule has 2 N–H and O–H groups in total. The van der Waals surface area contributed by atoms with Crippen molar-refractivity contribution in [2.75, 3.05) is 13.2 Å². The summed E-state index contributed by atoms with van der Waals surface area (Å²) in [6.07, 6.45) is 1.49. The number of hydrogen-bond donors (Lipinski definition) is 2. The molecule has 0 aliphatic carbocycles. The number of carbonyl (C=O) groups excluding carboxylic acids is 1. The highest BCUT2D eigenvalue weighted by Gasteiger charge is 2.33. The molecule has 0 bridgehead atoms. The lowest BCUT2D eigenvalue weighted by molar-refractivity contribution is -0.139. The van der Waals surface area contributed by atoms with Crippen molar-refractivity contribution in [1.82, 2.24) is 5.32 Å². The molecule has 2 rings (SSSR count). The first-order valence-corrected chi connectivity index (χ1v) is 8.15. The molecule has 1 fully saturated rings. The number of nitrogens with one attached hydrogen (secondary N) is 1. The van der Waals surface area contributed by atoms with Crippen LogP contribution in [0, 0.1) is 18.8 Å². The number of ether oxygens (including phenoxy) is 1. The van der Waals surface area contributed by atoms with E-state index < -0.39 is 5.97 Å². The molecule has 126 valence electrons. The Labute approximate surface area is 137 Å². The predicted molar refractivity (Wildman–Crippen MR) is 87.0 cm³/mol. The zero-order chi connectivity index (χ0) is 16.8. The molecule has 0 spiro atoms. The van der Waals surface area contributed by atoms with E-state index in [4.69, 9.17) is 9.84 Å². The molecule has 3 unspecified atom stereocenters. The molecule has 1 saturated heterocycles. The third kappa shape index (κ3) is 5.06. The summed E-state index contributed by atoms with van der Waals surface area (Å²) < 4.78 is 5.85. The van der Waals surface area contributed by atoms with Crippen LogP contribution in [0.5, 0.6) is 0 Å². The Balaban J connectivity index is 1.98. The number of amides is 1. The van der Waals surface area contributed by atoms with E-state index in [0.29, 0.717) is 13.2 Å². The minimum absolute atomic E-state index is 0.0486. The summed E-state index contributed by atoms with van der Waals surface area (Å²) in [4.78, 5) is 23.2. The van der Waals surface area contributed by atoms with Gasteiger partial charge in [0.05, 0.1) is 12.0 Å². The number of rotatable bonds is 6. The van der Waals surface area contributed by atoms with Crippen LogP contribution in [0.2, 0.25) is 0 Å². The van der Waals surface area contributed by atoms with E-state index in [9.17, 15) is 9.59 Å². The van der Waals surface area contributed by atoms with Crippen LogP contribution in [0.1, 0.15) is 43.4 Å². The van der Waals surface area contributed by atoms with Crippen molar-refractivity contribution in [3.8, 4) is 0 Å². The van der Waals surface area contributed by atoms with E-state index in [2.05, 4.69) is 5.32 Å². The maximum Gasteiger partial charge on any atom is 0.303 e. The average Bonchev–Trinajstić information content (AvgIpc) is 2.53. The van der Waals surface area contributed by atoms with Crippen LogP contribution < -0.4 is 5.32 Å². The number of hydrogen-bond acceptors (Lipinski definition) is 3. The Kier molecular flexibility index (Phi) is 6.16. The number of carboxylic acids is 1. The van der Waals surface area contributed by atoms with Gasteiger partial charge in [0.1, 0.15) is 0 Å². The van der Waals surface area contributed by atoms with Gasteiger partial charge in [-0.2, -0.15) is 0 Å². The SMILES string of the molecule is Cc1ccc(C2OCCCC2C(=O)NCC(C)CC(=O)O)cc1. The van der Waals surface area contributed by atoms with E-state index >= 15 is 0 Å². The Bertz CT molecular complexity index is 540. The second-order valence-electron chi connectivity index (χ2n) is 6.40. The molecule has 1 aromatic carbocycles. The van der Waals surface area contributed by atoms with Crippen molar-refractivity contribution in [3.05, 3.63) is 35.4 Å². The number of aliphatic carboxylic acids is 1. The summed E-state index contributed by atoms with van der Waals surface area (Å²) in [6.45, 7) is 4.89. The Morgan fingerprint density at radius 2 is 2.04 bits per heavy atom. The highest BCUT2D eigenvalue weighted by atomic mass is 16.5. The van der Waals surface area contributed by atoms with E-state index in [-0.39, 0.29) is 30.3 Å². The second-order valence-corrected chi connectivity index (χ2v) is 6.40. The molecule has 1 aromatic rings. The molecule has 0 saturated carbocycles. The summed E-state index contributed by atoms with van der Waals surface area (Å²) in [7, 11) is 0. The van der Waals surface area contributed by atoms with Gasteiger partial charge in [0.2, 0.25) is 5.91 Å². The van der Waals surface area contributed by atoms with Crippen LogP contribution in [0.4, 0.5) is 0 Å².